The molecule has 2 atom stereocenters. The lowest BCUT2D eigenvalue weighted by molar-refractivity contribution is -0.118. The molecule has 0 bridgehead atoms. The van der Waals surface area contributed by atoms with E-state index in [1.54, 1.807) is 28.8 Å². The number of hydrogen-bond donors (Lipinski definition) is 1. The predicted octanol–water partition coefficient (Wildman–Crippen LogP) is 6.56. The van der Waals surface area contributed by atoms with E-state index < -0.39 is 5.63 Å². The SMILES string of the molecule is Cc1ccc(C2SC(CN3CCN(c4ccccn4)CC3)C(=O)N2c2ccc(Nc3nc(Oc4ccc5c(C)cc(=O)oc5c4)nc(N(C)C)n3)cc2)cc1. The van der Waals surface area contributed by atoms with Crippen molar-refractivity contribution in [3.8, 4) is 11.8 Å². The van der Waals surface area contributed by atoms with Crippen LogP contribution in [-0.4, -0.2) is 82.8 Å². The van der Waals surface area contributed by atoms with Crippen LogP contribution in [0.15, 0.2) is 106 Å². The van der Waals surface area contributed by atoms with Gasteiger partial charge in [-0.2, -0.15) is 15.0 Å². The Kier molecular flexibility index (Phi) is 10.1. The summed E-state index contributed by atoms with van der Waals surface area (Å²) in [5.41, 5.74) is 4.59. The molecule has 2 saturated heterocycles. The van der Waals surface area contributed by atoms with Crippen LogP contribution < -0.4 is 30.4 Å². The molecule has 0 saturated carbocycles. The van der Waals surface area contributed by atoms with Crippen molar-refractivity contribution in [2.45, 2.75) is 24.5 Å². The number of piperazine rings is 1. The second-order valence-corrected chi connectivity index (χ2v) is 15.2. The van der Waals surface area contributed by atoms with Gasteiger partial charge in [0.05, 0.1) is 5.25 Å². The fraction of sp³-hybridized carbons (Fsp3) is 0.268. The van der Waals surface area contributed by atoms with E-state index in [0.29, 0.717) is 23.8 Å². The van der Waals surface area contributed by atoms with E-state index in [1.807, 2.05) is 80.6 Å². The van der Waals surface area contributed by atoms with Gasteiger partial charge >= 0.3 is 11.6 Å². The number of fused-ring (bicyclic) bond motifs is 1. The van der Waals surface area contributed by atoms with Gasteiger partial charge in [0.15, 0.2) is 0 Å². The molecule has 0 aliphatic carbocycles. The van der Waals surface area contributed by atoms with E-state index in [1.165, 1.54) is 11.6 Å². The number of anilines is 5. The molecular weight excluding hydrogens is 715 g/mol. The maximum Gasteiger partial charge on any atom is 0.336 e. The van der Waals surface area contributed by atoms with Crippen molar-refractivity contribution in [2.75, 3.05) is 66.8 Å². The van der Waals surface area contributed by atoms with Gasteiger partial charge in [-0.1, -0.05) is 35.9 Å². The summed E-state index contributed by atoms with van der Waals surface area (Å²) >= 11 is 1.71. The molecular formula is C41H41N9O4S. The molecule has 3 aromatic carbocycles. The molecule has 5 heterocycles. The fourth-order valence-corrected chi connectivity index (χ4v) is 8.28. The molecule has 1 amide bonds. The van der Waals surface area contributed by atoms with Crippen LogP contribution in [-0.2, 0) is 4.79 Å². The molecule has 1 N–H and O–H groups in total. The summed E-state index contributed by atoms with van der Waals surface area (Å²) in [6.45, 7) is 8.09. The van der Waals surface area contributed by atoms with Crippen molar-refractivity contribution in [3.63, 3.8) is 0 Å². The van der Waals surface area contributed by atoms with E-state index in [2.05, 4.69) is 66.2 Å². The van der Waals surface area contributed by atoms with Crippen LogP contribution in [0.1, 0.15) is 22.1 Å². The Morgan fingerprint density at radius 1 is 0.891 bits per heavy atom. The van der Waals surface area contributed by atoms with Crippen LogP contribution in [0.4, 0.5) is 29.1 Å². The normalized spacial score (nSPS) is 17.5. The van der Waals surface area contributed by atoms with E-state index in [9.17, 15) is 9.59 Å². The number of carbonyl (C=O) groups excluding carboxylic acids is 1. The molecule has 55 heavy (non-hydrogen) atoms. The number of nitrogens with zero attached hydrogens (tertiary/aromatic N) is 8. The lowest BCUT2D eigenvalue weighted by Gasteiger charge is -2.36. The van der Waals surface area contributed by atoms with Crippen LogP contribution in [0.5, 0.6) is 11.8 Å². The molecule has 2 unspecified atom stereocenters. The minimum atomic E-state index is -0.431. The number of thioether (sulfide) groups is 1. The van der Waals surface area contributed by atoms with Crippen molar-refractivity contribution in [1.82, 2.24) is 24.8 Å². The number of amides is 1. The van der Waals surface area contributed by atoms with E-state index in [4.69, 9.17) is 9.15 Å². The predicted molar refractivity (Wildman–Crippen MR) is 217 cm³/mol. The highest BCUT2D eigenvalue weighted by Gasteiger charge is 2.43. The van der Waals surface area contributed by atoms with Gasteiger partial charge in [0.25, 0.3) is 0 Å². The lowest BCUT2D eigenvalue weighted by Crippen LogP contribution is -2.49. The van der Waals surface area contributed by atoms with Crippen LogP contribution in [0.3, 0.4) is 0 Å². The molecule has 2 aliphatic rings. The van der Waals surface area contributed by atoms with Crippen molar-refractivity contribution in [1.29, 1.82) is 0 Å². The number of aromatic nitrogens is 4. The van der Waals surface area contributed by atoms with Crippen molar-refractivity contribution in [2.24, 2.45) is 0 Å². The highest BCUT2D eigenvalue weighted by molar-refractivity contribution is 8.01. The zero-order valence-electron chi connectivity index (χ0n) is 31.0. The highest BCUT2D eigenvalue weighted by atomic mass is 32.2. The number of benzene rings is 3. The first kappa shape index (κ1) is 36.0. The Balaban J connectivity index is 0.996. The van der Waals surface area contributed by atoms with Gasteiger partial charge in [0.2, 0.25) is 17.8 Å². The first-order chi connectivity index (χ1) is 26.7. The molecule has 14 heteroatoms. The van der Waals surface area contributed by atoms with Crippen LogP contribution in [0.2, 0.25) is 0 Å². The van der Waals surface area contributed by atoms with E-state index in [-0.39, 0.29) is 28.5 Å². The molecule has 13 nitrogen and oxygen atoms in total. The Morgan fingerprint density at radius 2 is 1.67 bits per heavy atom. The quantitative estimate of drug-likeness (QED) is 0.152. The van der Waals surface area contributed by atoms with Gasteiger partial charge in [-0.05, 0) is 73.5 Å². The topological polar surface area (TPSA) is 133 Å². The van der Waals surface area contributed by atoms with Gasteiger partial charge in [-0.3, -0.25) is 14.6 Å². The average molecular weight is 756 g/mol. The molecule has 6 aromatic rings. The third-order valence-corrected chi connectivity index (χ3v) is 11.1. The number of aryl methyl sites for hydroxylation is 2. The van der Waals surface area contributed by atoms with Crippen molar-refractivity contribution in [3.05, 3.63) is 124 Å². The third kappa shape index (κ3) is 7.96. The van der Waals surface area contributed by atoms with Gasteiger partial charge in [0, 0.05) is 81.9 Å². The Morgan fingerprint density at radius 3 is 2.40 bits per heavy atom. The maximum absolute atomic E-state index is 14.3. The second kappa shape index (κ2) is 15.4. The minimum absolute atomic E-state index is 0.0667. The van der Waals surface area contributed by atoms with Crippen LogP contribution in [0.25, 0.3) is 11.0 Å². The number of nitrogens with one attached hydrogen (secondary N) is 1. The molecule has 2 aliphatic heterocycles. The van der Waals surface area contributed by atoms with Crippen molar-refractivity contribution >= 4 is 57.7 Å². The number of hydrogen-bond acceptors (Lipinski definition) is 13. The number of pyridine rings is 1. The number of ether oxygens (including phenoxy) is 1. The van der Waals surface area contributed by atoms with Crippen molar-refractivity contribution < 1.29 is 13.9 Å². The smallest absolute Gasteiger partial charge is 0.336 e. The second-order valence-electron chi connectivity index (χ2n) is 13.9. The Hall–Kier alpha value is -5.99. The summed E-state index contributed by atoms with van der Waals surface area (Å²) < 4.78 is 11.4. The first-order valence-electron chi connectivity index (χ1n) is 18.1. The minimum Gasteiger partial charge on any atom is -0.424 e. The van der Waals surface area contributed by atoms with Crippen LogP contribution >= 0.6 is 11.8 Å². The summed E-state index contributed by atoms with van der Waals surface area (Å²) in [6, 6.07) is 28.9. The largest absolute Gasteiger partial charge is 0.424 e. The summed E-state index contributed by atoms with van der Waals surface area (Å²) in [6.07, 6.45) is 1.83. The van der Waals surface area contributed by atoms with Gasteiger partial charge < -0.3 is 24.3 Å². The Bertz CT molecular complexity index is 2370. The van der Waals surface area contributed by atoms with E-state index in [0.717, 1.165) is 59.9 Å². The van der Waals surface area contributed by atoms with Gasteiger partial charge in [0.1, 0.15) is 22.5 Å². The first-order valence-corrected chi connectivity index (χ1v) is 19.1. The standard InChI is InChI=1S/C41H41N9O4S/c1-26-8-10-28(11-9-26)38-50(37(52)34(55-38)25-48-19-21-49(22-20-48)35-7-5-6-18-42-35)30-14-12-29(13-15-30)43-39-44-40(47(3)4)46-41(45-39)53-31-16-17-32-27(2)23-36(51)54-33(32)24-31/h5-18,23-24,34,38H,19-22,25H2,1-4H3,(H,43,44,45,46). The summed E-state index contributed by atoms with van der Waals surface area (Å²) in [5, 5.41) is 3.72. The maximum atomic E-state index is 14.3. The van der Waals surface area contributed by atoms with Crippen LogP contribution in [0, 0.1) is 13.8 Å². The highest BCUT2D eigenvalue weighted by Crippen LogP contribution is 2.46. The number of rotatable bonds is 10. The average Bonchev–Trinajstić information content (AvgIpc) is 3.50. The molecule has 3 aromatic heterocycles. The third-order valence-electron chi connectivity index (χ3n) is 9.71. The zero-order valence-corrected chi connectivity index (χ0v) is 31.9. The number of carbonyl (C=O) groups is 1. The van der Waals surface area contributed by atoms with Gasteiger partial charge in [-0.15, -0.1) is 11.8 Å². The summed E-state index contributed by atoms with van der Waals surface area (Å²) in [7, 11) is 3.66. The zero-order chi connectivity index (χ0) is 38.1. The van der Waals surface area contributed by atoms with E-state index >= 15 is 0 Å². The molecule has 8 rings (SSSR count). The monoisotopic (exact) mass is 755 g/mol. The molecule has 2 fully saturated rings. The molecule has 0 spiro atoms. The molecule has 0 radical (unpaired) electrons. The van der Waals surface area contributed by atoms with Gasteiger partial charge in [-0.25, -0.2) is 9.78 Å². The Labute approximate surface area is 323 Å². The summed E-state index contributed by atoms with van der Waals surface area (Å²) in [4.78, 5) is 52.7. The fourth-order valence-electron chi connectivity index (χ4n) is 6.78. The summed E-state index contributed by atoms with van der Waals surface area (Å²) in [5.74, 6) is 2.17. The molecule has 280 valence electrons. The lowest BCUT2D eigenvalue weighted by atomic mass is 10.1.